The Morgan fingerprint density at radius 1 is 0.578 bits per heavy atom. The summed E-state index contributed by atoms with van der Waals surface area (Å²) in [7, 11) is 0. The predicted octanol–water partition coefficient (Wildman–Crippen LogP) is 11.4. The summed E-state index contributed by atoms with van der Waals surface area (Å²) >= 11 is 0. The first kappa shape index (κ1) is 35.5. The number of azo groups is 1. The van der Waals surface area contributed by atoms with Crippen molar-refractivity contribution < 1.29 is 23.8 Å². The molecule has 0 radical (unpaired) electrons. The maximum atomic E-state index is 12.6. The third-order valence-corrected chi connectivity index (χ3v) is 7.56. The molecule has 1 atom stereocenters. The third-order valence-electron chi connectivity index (χ3n) is 7.56. The first-order chi connectivity index (χ1) is 22.0. The van der Waals surface area contributed by atoms with Crippen LogP contribution in [0.1, 0.15) is 125 Å². The van der Waals surface area contributed by atoms with Crippen LogP contribution in [0.25, 0.3) is 0 Å². The summed E-state index contributed by atoms with van der Waals surface area (Å²) in [6.45, 7) is 7.06. The molecule has 0 aliphatic heterocycles. The van der Waals surface area contributed by atoms with Crippen molar-refractivity contribution in [1.29, 1.82) is 0 Å². The number of hydrogen-bond acceptors (Lipinski definition) is 7. The van der Waals surface area contributed by atoms with Crippen molar-refractivity contribution in [2.24, 2.45) is 10.2 Å². The van der Waals surface area contributed by atoms with E-state index in [1.54, 1.807) is 48.5 Å². The van der Waals surface area contributed by atoms with Crippen LogP contribution in [-0.2, 0) is 4.74 Å². The minimum Gasteiger partial charge on any atom is -0.494 e. The van der Waals surface area contributed by atoms with E-state index in [-0.39, 0.29) is 12.1 Å². The van der Waals surface area contributed by atoms with Gasteiger partial charge < -0.3 is 14.2 Å². The van der Waals surface area contributed by atoms with Crippen LogP contribution in [0.4, 0.5) is 11.4 Å². The molecule has 3 rings (SSSR count). The maximum Gasteiger partial charge on any atom is 0.343 e. The van der Waals surface area contributed by atoms with Crippen LogP contribution in [0.5, 0.6) is 11.5 Å². The summed E-state index contributed by atoms with van der Waals surface area (Å²) in [6.07, 6.45) is 15.5. The highest BCUT2D eigenvalue weighted by atomic mass is 16.5. The Morgan fingerprint density at radius 2 is 1.04 bits per heavy atom. The van der Waals surface area contributed by atoms with Crippen LogP contribution >= 0.6 is 0 Å². The Labute approximate surface area is 269 Å². The molecule has 0 heterocycles. The summed E-state index contributed by atoms with van der Waals surface area (Å²) in [4.78, 5) is 25.1. The van der Waals surface area contributed by atoms with Gasteiger partial charge in [0, 0.05) is 0 Å². The van der Waals surface area contributed by atoms with Gasteiger partial charge in [-0.2, -0.15) is 10.2 Å². The van der Waals surface area contributed by atoms with Crippen molar-refractivity contribution in [3.05, 3.63) is 83.9 Å². The van der Waals surface area contributed by atoms with Gasteiger partial charge in [0.25, 0.3) is 0 Å². The molecule has 0 spiro atoms. The predicted molar refractivity (Wildman–Crippen MR) is 180 cm³/mol. The zero-order chi connectivity index (χ0) is 32.1. The molecule has 242 valence electrons. The average Bonchev–Trinajstić information content (AvgIpc) is 3.06. The maximum absolute atomic E-state index is 12.6. The second-order valence-electron chi connectivity index (χ2n) is 11.5. The Hall–Kier alpha value is -4.00. The van der Waals surface area contributed by atoms with Crippen molar-refractivity contribution >= 4 is 23.3 Å². The molecule has 0 aromatic heterocycles. The quantitative estimate of drug-likeness (QED) is 0.0515. The van der Waals surface area contributed by atoms with Gasteiger partial charge in [-0.1, -0.05) is 78.1 Å². The summed E-state index contributed by atoms with van der Waals surface area (Å²) in [6, 6.07) is 20.7. The van der Waals surface area contributed by atoms with E-state index in [4.69, 9.17) is 14.2 Å². The lowest BCUT2D eigenvalue weighted by molar-refractivity contribution is 0.0319. The topological polar surface area (TPSA) is 86.5 Å². The zero-order valence-corrected chi connectivity index (χ0v) is 27.3. The van der Waals surface area contributed by atoms with Gasteiger partial charge in [-0.05, 0) is 99.0 Å². The Kier molecular flexibility index (Phi) is 16.4. The fourth-order valence-electron chi connectivity index (χ4n) is 4.81. The summed E-state index contributed by atoms with van der Waals surface area (Å²) in [5.41, 5.74) is 2.13. The molecule has 45 heavy (non-hydrogen) atoms. The first-order valence-electron chi connectivity index (χ1n) is 16.8. The van der Waals surface area contributed by atoms with Gasteiger partial charge in [-0.25, -0.2) is 9.59 Å². The molecule has 0 fully saturated rings. The zero-order valence-electron chi connectivity index (χ0n) is 27.3. The monoisotopic (exact) mass is 614 g/mol. The van der Waals surface area contributed by atoms with E-state index in [0.717, 1.165) is 38.0 Å². The smallest absolute Gasteiger partial charge is 0.343 e. The van der Waals surface area contributed by atoms with E-state index in [1.165, 1.54) is 57.8 Å². The van der Waals surface area contributed by atoms with Gasteiger partial charge in [0.15, 0.2) is 0 Å². The fraction of sp³-hybridized carbons (Fsp3) is 0.474. The van der Waals surface area contributed by atoms with Gasteiger partial charge in [0.1, 0.15) is 11.5 Å². The summed E-state index contributed by atoms with van der Waals surface area (Å²) in [5.74, 6) is 0.298. The van der Waals surface area contributed by atoms with E-state index >= 15 is 0 Å². The largest absolute Gasteiger partial charge is 0.494 e. The Morgan fingerprint density at radius 3 is 1.64 bits per heavy atom. The van der Waals surface area contributed by atoms with Crippen molar-refractivity contribution in [1.82, 2.24) is 0 Å². The fourth-order valence-corrected chi connectivity index (χ4v) is 4.81. The van der Waals surface area contributed by atoms with E-state index in [2.05, 4.69) is 24.1 Å². The lowest BCUT2D eigenvalue weighted by atomic mass is 10.1. The highest BCUT2D eigenvalue weighted by Crippen LogP contribution is 2.23. The van der Waals surface area contributed by atoms with Crippen molar-refractivity contribution in [3.8, 4) is 11.5 Å². The van der Waals surface area contributed by atoms with Crippen molar-refractivity contribution in [2.45, 2.75) is 110 Å². The van der Waals surface area contributed by atoms with Gasteiger partial charge in [0.05, 0.1) is 35.2 Å². The van der Waals surface area contributed by atoms with E-state index in [1.807, 2.05) is 31.2 Å². The molecule has 3 aromatic carbocycles. The van der Waals surface area contributed by atoms with Gasteiger partial charge in [0.2, 0.25) is 0 Å². The number of carbonyl (C=O) groups excluding carboxylic acids is 2. The highest BCUT2D eigenvalue weighted by molar-refractivity contribution is 5.92. The molecule has 7 heteroatoms. The number of benzene rings is 3. The first-order valence-corrected chi connectivity index (χ1v) is 16.8. The molecule has 0 aliphatic rings. The molecular weight excluding hydrogens is 564 g/mol. The van der Waals surface area contributed by atoms with Crippen molar-refractivity contribution in [2.75, 3.05) is 6.61 Å². The lowest BCUT2D eigenvalue weighted by Crippen LogP contribution is -2.15. The molecule has 0 unspecified atom stereocenters. The molecule has 0 saturated heterocycles. The number of unbranched alkanes of at least 4 members (excludes halogenated alkanes) is 10. The van der Waals surface area contributed by atoms with Crippen LogP contribution in [0.3, 0.4) is 0 Å². The molecule has 0 N–H and O–H groups in total. The molecule has 0 amide bonds. The van der Waals surface area contributed by atoms with Gasteiger partial charge in [-0.3, -0.25) is 0 Å². The lowest BCUT2D eigenvalue weighted by Gasteiger charge is -2.13. The number of ether oxygens (including phenoxy) is 3. The average molecular weight is 615 g/mol. The second kappa shape index (κ2) is 20.9. The van der Waals surface area contributed by atoms with E-state index in [9.17, 15) is 9.59 Å². The standard InChI is InChI=1S/C38H50N2O5/c1-4-6-8-10-11-12-13-15-29-43-35-27-23-34(24-28-35)40-39-33-21-17-31(18-22-33)38(42)45-36-25-19-32(20-26-36)37(41)44-30(3)16-14-9-7-5-2/h17-28,30H,4-16,29H2,1-3H3/t30-/m0/s1. The number of rotatable bonds is 21. The summed E-state index contributed by atoms with van der Waals surface area (Å²) < 4.78 is 16.9. The molecule has 7 nitrogen and oxygen atoms in total. The van der Waals surface area contributed by atoms with Crippen LogP contribution in [0.2, 0.25) is 0 Å². The van der Waals surface area contributed by atoms with Crippen LogP contribution in [-0.4, -0.2) is 24.6 Å². The number of esters is 2. The van der Waals surface area contributed by atoms with E-state index < -0.39 is 5.97 Å². The van der Waals surface area contributed by atoms with E-state index in [0.29, 0.717) is 28.3 Å². The number of hydrogen-bond donors (Lipinski definition) is 0. The summed E-state index contributed by atoms with van der Waals surface area (Å²) in [5, 5.41) is 8.56. The second-order valence-corrected chi connectivity index (χ2v) is 11.5. The van der Waals surface area contributed by atoms with Crippen molar-refractivity contribution in [3.63, 3.8) is 0 Å². The molecule has 0 bridgehead atoms. The molecule has 0 saturated carbocycles. The number of carbonyl (C=O) groups is 2. The highest BCUT2D eigenvalue weighted by Gasteiger charge is 2.13. The Balaban J connectivity index is 1.38. The van der Waals surface area contributed by atoms with Crippen LogP contribution in [0.15, 0.2) is 83.0 Å². The normalized spacial score (nSPS) is 11.8. The minimum atomic E-state index is -0.503. The minimum absolute atomic E-state index is 0.135. The van der Waals surface area contributed by atoms with Crippen LogP contribution in [0, 0.1) is 0 Å². The molecule has 0 aliphatic carbocycles. The SMILES string of the molecule is CCCCCCCCCCOc1ccc(N=Nc2ccc(C(=O)Oc3ccc(C(=O)O[C@@H](C)CCCCCC)cc3)cc2)cc1. The Bertz CT molecular complexity index is 1290. The number of nitrogens with zero attached hydrogens (tertiary/aromatic N) is 2. The molecule has 3 aromatic rings. The van der Waals surface area contributed by atoms with Gasteiger partial charge >= 0.3 is 11.9 Å². The van der Waals surface area contributed by atoms with Crippen LogP contribution < -0.4 is 9.47 Å². The van der Waals surface area contributed by atoms with Gasteiger partial charge in [-0.15, -0.1) is 0 Å². The third kappa shape index (κ3) is 14.1. The molecular formula is C38H50N2O5.